The van der Waals surface area contributed by atoms with Gasteiger partial charge in [0.1, 0.15) is 0 Å². The van der Waals surface area contributed by atoms with Gasteiger partial charge in [0.15, 0.2) is 0 Å². The SMILES string of the molecule is CCC(CO)CN(C)CCC1CCN(C)CC1. The average molecular weight is 242 g/mol. The van der Waals surface area contributed by atoms with Gasteiger partial charge in [-0.05, 0) is 71.2 Å². The lowest BCUT2D eigenvalue weighted by atomic mass is 9.93. The fraction of sp³-hybridized carbons (Fsp3) is 1.00. The zero-order chi connectivity index (χ0) is 12.7. The number of hydrogen-bond acceptors (Lipinski definition) is 3. The van der Waals surface area contributed by atoms with E-state index in [-0.39, 0.29) is 0 Å². The van der Waals surface area contributed by atoms with Crippen LogP contribution in [0.1, 0.15) is 32.6 Å². The predicted octanol–water partition coefficient (Wildman–Crippen LogP) is 1.67. The zero-order valence-electron chi connectivity index (χ0n) is 11.9. The molecule has 1 heterocycles. The van der Waals surface area contributed by atoms with E-state index in [1.54, 1.807) is 0 Å². The molecule has 1 aliphatic rings. The number of hydrogen-bond donors (Lipinski definition) is 1. The van der Waals surface area contributed by atoms with Crippen molar-refractivity contribution in [3.05, 3.63) is 0 Å². The minimum absolute atomic E-state index is 0.328. The van der Waals surface area contributed by atoms with Gasteiger partial charge in [0.05, 0.1) is 0 Å². The molecule has 0 saturated carbocycles. The summed E-state index contributed by atoms with van der Waals surface area (Å²) in [6.45, 7) is 7.25. The van der Waals surface area contributed by atoms with Crippen LogP contribution in [0.3, 0.4) is 0 Å². The molecule has 0 aliphatic carbocycles. The lowest BCUT2D eigenvalue weighted by Gasteiger charge is -2.30. The van der Waals surface area contributed by atoms with E-state index in [0.717, 1.165) is 18.9 Å². The summed E-state index contributed by atoms with van der Waals surface area (Å²) in [4.78, 5) is 4.82. The Morgan fingerprint density at radius 1 is 1.35 bits per heavy atom. The Bertz CT molecular complexity index is 187. The first-order valence-corrected chi connectivity index (χ1v) is 7.13. The van der Waals surface area contributed by atoms with Gasteiger partial charge in [-0.3, -0.25) is 0 Å². The van der Waals surface area contributed by atoms with E-state index in [1.165, 1.54) is 38.9 Å². The monoisotopic (exact) mass is 242 g/mol. The first kappa shape index (κ1) is 14.9. The van der Waals surface area contributed by atoms with E-state index < -0.39 is 0 Å². The fourth-order valence-electron chi connectivity index (χ4n) is 2.60. The largest absolute Gasteiger partial charge is 0.396 e. The summed E-state index contributed by atoms with van der Waals surface area (Å²) < 4.78 is 0. The Morgan fingerprint density at radius 3 is 2.53 bits per heavy atom. The second-order valence-corrected chi connectivity index (χ2v) is 5.75. The lowest BCUT2D eigenvalue weighted by molar-refractivity contribution is 0.160. The maximum atomic E-state index is 9.19. The molecule has 0 aromatic rings. The molecule has 17 heavy (non-hydrogen) atoms. The van der Waals surface area contributed by atoms with Crippen LogP contribution in [-0.4, -0.2) is 61.8 Å². The molecule has 0 spiro atoms. The normalized spacial score (nSPS) is 21.0. The van der Waals surface area contributed by atoms with Crippen molar-refractivity contribution in [3.63, 3.8) is 0 Å². The summed E-state index contributed by atoms with van der Waals surface area (Å²) in [5, 5.41) is 9.19. The molecular weight excluding hydrogens is 212 g/mol. The fourth-order valence-corrected chi connectivity index (χ4v) is 2.60. The zero-order valence-corrected chi connectivity index (χ0v) is 11.9. The number of aliphatic hydroxyl groups is 1. The molecule has 0 amide bonds. The molecule has 1 unspecified atom stereocenters. The third-order valence-electron chi connectivity index (χ3n) is 4.16. The summed E-state index contributed by atoms with van der Waals surface area (Å²) in [7, 11) is 4.41. The topological polar surface area (TPSA) is 26.7 Å². The van der Waals surface area contributed by atoms with Gasteiger partial charge in [0.2, 0.25) is 0 Å². The Balaban J connectivity index is 2.12. The van der Waals surface area contributed by atoms with Crippen molar-refractivity contribution >= 4 is 0 Å². The molecule has 0 aromatic heterocycles. The van der Waals surface area contributed by atoms with Gasteiger partial charge in [0.25, 0.3) is 0 Å². The van der Waals surface area contributed by atoms with Gasteiger partial charge < -0.3 is 14.9 Å². The van der Waals surface area contributed by atoms with Crippen molar-refractivity contribution in [2.24, 2.45) is 11.8 Å². The van der Waals surface area contributed by atoms with E-state index in [0.29, 0.717) is 12.5 Å². The molecule has 0 bridgehead atoms. The molecule has 0 radical (unpaired) electrons. The van der Waals surface area contributed by atoms with Crippen LogP contribution in [0.5, 0.6) is 0 Å². The van der Waals surface area contributed by atoms with Gasteiger partial charge in [0, 0.05) is 13.2 Å². The summed E-state index contributed by atoms with van der Waals surface area (Å²) >= 11 is 0. The maximum absolute atomic E-state index is 9.19. The van der Waals surface area contributed by atoms with Crippen LogP contribution in [0.25, 0.3) is 0 Å². The van der Waals surface area contributed by atoms with Crippen molar-refractivity contribution in [1.29, 1.82) is 0 Å². The van der Waals surface area contributed by atoms with Gasteiger partial charge >= 0.3 is 0 Å². The smallest absolute Gasteiger partial charge is 0.0471 e. The van der Waals surface area contributed by atoms with Crippen LogP contribution in [0.2, 0.25) is 0 Å². The highest BCUT2D eigenvalue weighted by Gasteiger charge is 2.17. The van der Waals surface area contributed by atoms with Crippen LogP contribution in [-0.2, 0) is 0 Å². The first-order chi connectivity index (χ1) is 8.15. The highest BCUT2D eigenvalue weighted by molar-refractivity contribution is 4.71. The van der Waals surface area contributed by atoms with Crippen molar-refractivity contribution in [2.75, 3.05) is 46.9 Å². The predicted molar refractivity (Wildman–Crippen MR) is 73.2 cm³/mol. The van der Waals surface area contributed by atoms with Crippen molar-refractivity contribution in [3.8, 4) is 0 Å². The van der Waals surface area contributed by atoms with Crippen LogP contribution in [0, 0.1) is 11.8 Å². The Hall–Kier alpha value is -0.120. The lowest BCUT2D eigenvalue weighted by Crippen LogP contribution is -2.33. The standard InChI is InChI=1S/C14H30N2O/c1-4-13(12-17)11-16(3)10-7-14-5-8-15(2)9-6-14/h13-14,17H,4-12H2,1-3H3. The van der Waals surface area contributed by atoms with Crippen molar-refractivity contribution in [2.45, 2.75) is 32.6 Å². The van der Waals surface area contributed by atoms with Crippen LogP contribution < -0.4 is 0 Å². The van der Waals surface area contributed by atoms with Crippen molar-refractivity contribution < 1.29 is 5.11 Å². The highest BCUT2D eigenvalue weighted by Crippen LogP contribution is 2.19. The first-order valence-electron chi connectivity index (χ1n) is 7.13. The number of nitrogens with zero attached hydrogens (tertiary/aromatic N) is 2. The van der Waals surface area contributed by atoms with Crippen LogP contribution in [0.15, 0.2) is 0 Å². The quantitative estimate of drug-likeness (QED) is 0.735. The molecule has 1 aliphatic heterocycles. The maximum Gasteiger partial charge on any atom is 0.0471 e. The van der Waals surface area contributed by atoms with Gasteiger partial charge in [-0.25, -0.2) is 0 Å². The van der Waals surface area contributed by atoms with Crippen molar-refractivity contribution in [1.82, 2.24) is 9.80 Å². The van der Waals surface area contributed by atoms with Gasteiger partial charge in [-0.15, -0.1) is 0 Å². The molecule has 102 valence electrons. The number of aliphatic hydroxyl groups excluding tert-OH is 1. The average Bonchev–Trinajstić information content (AvgIpc) is 2.35. The van der Waals surface area contributed by atoms with E-state index in [1.807, 2.05) is 0 Å². The van der Waals surface area contributed by atoms with E-state index >= 15 is 0 Å². The molecule has 1 N–H and O–H groups in total. The number of rotatable bonds is 7. The molecule has 1 fully saturated rings. The molecule has 1 atom stereocenters. The minimum atomic E-state index is 0.328. The summed E-state index contributed by atoms with van der Waals surface area (Å²) in [6.07, 6.45) is 5.13. The third-order valence-corrected chi connectivity index (χ3v) is 4.16. The third kappa shape index (κ3) is 5.84. The van der Waals surface area contributed by atoms with Gasteiger partial charge in [-0.2, -0.15) is 0 Å². The Labute approximate surface area is 107 Å². The summed E-state index contributed by atoms with van der Waals surface area (Å²) in [5.41, 5.74) is 0. The number of likely N-dealkylation sites (tertiary alicyclic amines) is 1. The molecule has 3 nitrogen and oxygen atoms in total. The van der Waals surface area contributed by atoms with E-state index in [4.69, 9.17) is 0 Å². The Kier molecular flexibility index (Phi) is 7.09. The van der Waals surface area contributed by atoms with Gasteiger partial charge in [-0.1, -0.05) is 6.92 Å². The number of piperidine rings is 1. The second kappa shape index (κ2) is 8.06. The van der Waals surface area contributed by atoms with E-state index in [9.17, 15) is 5.11 Å². The summed E-state index contributed by atoms with van der Waals surface area (Å²) in [6, 6.07) is 0. The highest BCUT2D eigenvalue weighted by atomic mass is 16.3. The Morgan fingerprint density at radius 2 is 2.00 bits per heavy atom. The minimum Gasteiger partial charge on any atom is -0.396 e. The molecule has 3 heteroatoms. The molecule has 0 aromatic carbocycles. The summed E-state index contributed by atoms with van der Waals surface area (Å²) in [5.74, 6) is 1.38. The van der Waals surface area contributed by atoms with E-state index in [2.05, 4.69) is 30.8 Å². The molecule has 1 rings (SSSR count). The van der Waals surface area contributed by atoms with Crippen LogP contribution in [0.4, 0.5) is 0 Å². The molecule has 1 saturated heterocycles. The second-order valence-electron chi connectivity index (χ2n) is 5.75. The molecular formula is C14H30N2O. The van der Waals surface area contributed by atoms with Crippen LogP contribution >= 0.6 is 0 Å².